The molecule has 0 saturated carbocycles. The van der Waals surface area contributed by atoms with Crippen molar-refractivity contribution in [3.8, 4) is 12.1 Å². The number of anilines is 2. The number of nitrogens with one attached hydrogen (secondary N) is 1. The van der Waals surface area contributed by atoms with Crippen LogP contribution in [0.1, 0.15) is 116 Å². The molecule has 1 N–H and O–H groups in total. The molecule has 4 heterocycles. The molecule has 0 aliphatic carbocycles. The molecule has 2 fully saturated rings. The highest BCUT2D eigenvalue weighted by Crippen LogP contribution is 2.33. The standard InChI is InChI=1S/C27H29N3O.C26H22Cl2N4O2/c1-19-10-15-30(21(3)16-19)26-17-25(7-4-20(26)2)27(31)29-13-11-24(12-14-29)23-8-5-22(18-28)6-9-23;1-16-2-5-20(12-23(16)31-25(33)24-21(27)14-30-15-22(24)28)26(34)32-10-8-19(9-11-32)18-6-3-17(13-29)4-7-18/h4-10,15-17,21,24H,11-14H2,1-3H3;2-7,12,14-15,19H,8-11H2,1H3,(H,31,33). The van der Waals surface area contributed by atoms with Crippen LogP contribution in [0, 0.1) is 36.5 Å². The summed E-state index contributed by atoms with van der Waals surface area (Å²) in [7, 11) is 0. The molecule has 8 rings (SSSR count). The van der Waals surface area contributed by atoms with Gasteiger partial charge in [0.15, 0.2) is 0 Å². The molecule has 0 bridgehead atoms. The van der Waals surface area contributed by atoms with Gasteiger partial charge in [0, 0.05) is 73.3 Å². The zero-order valence-electron chi connectivity index (χ0n) is 37.0. The summed E-state index contributed by atoms with van der Waals surface area (Å²) in [5, 5.41) is 21.1. The van der Waals surface area contributed by atoms with E-state index in [0.717, 1.165) is 55.6 Å². The predicted molar refractivity (Wildman–Crippen MR) is 257 cm³/mol. The summed E-state index contributed by atoms with van der Waals surface area (Å²) in [6, 6.07) is 31.4. The maximum Gasteiger partial charge on any atom is 0.258 e. The van der Waals surface area contributed by atoms with E-state index in [2.05, 4.69) is 84.7 Å². The summed E-state index contributed by atoms with van der Waals surface area (Å²) < 4.78 is 0. The van der Waals surface area contributed by atoms with E-state index in [1.54, 1.807) is 12.1 Å². The molecule has 4 aromatic carbocycles. The van der Waals surface area contributed by atoms with Crippen LogP contribution in [0.3, 0.4) is 0 Å². The number of carbonyl (C=O) groups excluding carboxylic acids is 3. The second kappa shape index (κ2) is 20.9. The van der Waals surface area contributed by atoms with Crippen LogP contribution in [0.4, 0.5) is 11.4 Å². The third kappa shape index (κ3) is 11.0. The lowest BCUT2D eigenvalue weighted by molar-refractivity contribution is 0.0705. The van der Waals surface area contributed by atoms with E-state index in [0.29, 0.717) is 47.3 Å². The van der Waals surface area contributed by atoms with Gasteiger partial charge in [-0.2, -0.15) is 10.5 Å². The van der Waals surface area contributed by atoms with Crippen molar-refractivity contribution in [1.82, 2.24) is 14.8 Å². The van der Waals surface area contributed by atoms with Gasteiger partial charge in [0.2, 0.25) is 0 Å². The third-order valence-corrected chi connectivity index (χ3v) is 13.1. The number of benzene rings is 4. The summed E-state index contributed by atoms with van der Waals surface area (Å²) >= 11 is 12.2. The first kappa shape index (κ1) is 46.3. The summed E-state index contributed by atoms with van der Waals surface area (Å²) in [5.74, 6) is 0.376. The molecule has 5 aromatic rings. The molecule has 65 heavy (non-hydrogen) atoms. The number of halogens is 2. The highest BCUT2D eigenvalue weighted by Gasteiger charge is 2.27. The number of hydrogen-bond donors (Lipinski definition) is 1. The fourth-order valence-electron chi connectivity index (χ4n) is 8.73. The van der Waals surface area contributed by atoms with Gasteiger partial charge in [-0.1, -0.05) is 71.2 Å². The normalized spacial score (nSPS) is 16.4. The summed E-state index contributed by atoms with van der Waals surface area (Å²) in [5.41, 5.74) is 10.0. The minimum atomic E-state index is -0.465. The van der Waals surface area contributed by atoms with Gasteiger partial charge in [-0.25, -0.2) is 0 Å². The van der Waals surface area contributed by atoms with Gasteiger partial charge in [0.1, 0.15) is 0 Å². The van der Waals surface area contributed by atoms with E-state index in [-0.39, 0.29) is 33.5 Å². The molecule has 12 heteroatoms. The van der Waals surface area contributed by atoms with Crippen molar-refractivity contribution in [2.75, 3.05) is 36.4 Å². The Morgan fingerprint density at radius 1 is 0.677 bits per heavy atom. The van der Waals surface area contributed by atoms with Gasteiger partial charge in [0.05, 0.1) is 38.9 Å². The van der Waals surface area contributed by atoms with Gasteiger partial charge in [-0.05, 0) is 142 Å². The van der Waals surface area contributed by atoms with Crippen molar-refractivity contribution in [3.05, 3.63) is 181 Å². The topological polar surface area (TPSA) is 133 Å². The van der Waals surface area contributed by atoms with Crippen LogP contribution in [0.25, 0.3) is 0 Å². The van der Waals surface area contributed by atoms with Crippen molar-refractivity contribution >= 4 is 52.3 Å². The van der Waals surface area contributed by atoms with Crippen molar-refractivity contribution in [2.45, 2.75) is 71.3 Å². The zero-order valence-corrected chi connectivity index (χ0v) is 38.5. The van der Waals surface area contributed by atoms with Crippen LogP contribution in [0.5, 0.6) is 0 Å². The Bertz CT molecular complexity index is 2700. The van der Waals surface area contributed by atoms with Crippen LogP contribution in [0.15, 0.2) is 121 Å². The van der Waals surface area contributed by atoms with Gasteiger partial charge < -0.3 is 20.0 Å². The zero-order chi connectivity index (χ0) is 46.2. The van der Waals surface area contributed by atoms with E-state index >= 15 is 0 Å². The molecule has 10 nitrogen and oxygen atoms in total. The van der Waals surface area contributed by atoms with E-state index in [1.165, 1.54) is 34.7 Å². The summed E-state index contributed by atoms with van der Waals surface area (Å²) in [4.78, 5) is 49.1. The Labute approximate surface area is 391 Å². The second-order valence-corrected chi connectivity index (χ2v) is 17.8. The van der Waals surface area contributed by atoms with Crippen molar-refractivity contribution in [3.63, 3.8) is 0 Å². The predicted octanol–water partition coefficient (Wildman–Crippen LogP) is 11.4. The van der Waals surface area contributed by atoms with Gasteiger partial charge in [-0.3, -0.25) is 19.4 Å². The number of allylic oxidation sites excluding steroid dienone is 2. The van der Waals surface area contributed by atoms with E-state index < -0.39 is 5.91 Å². The fourth-order valence-corrected chi connectivity index (χ4v) is 9.27. The first-order valence-electron chi connectivity index (χ1n) is 21.9. The lowest BCUT2D eigenvalue weighted by atomic mass is 9.89. The minimum Gasteiger partial charge on any atom is -0.341 e. The lowest BCUT2D eigenvalue weighted by Gasteiger charge is -2.33. The van der Waals surface area contributed by atoms with E-state index in [4.69, 9.17) is 33.7 Å². The molecule has 2 saturated heterocycles. The number of likely N-dealkylation sites (tertiary alicyclic amines) is 2. The number of amides is 3. The molecule has 1 unspecified atom stereocenters. The Morgan fingerprint density at radius 2 is 1.15 bits per heavy atom. The van der Waals surface area contributed by atoms with E-state index in [9.17, 15) is 14.4 Å². The maximum absolute atomic E-state index is 13.2. The molecule has 3 amide bonds. The molecular weight excluding hydrogens is 854 g/mol. The Balaban J connectivity index is 0.000000195. The summed E-state index contributed by atoms with van der Waals surface area (Å²) in [6.45, 7) is 11.0. The number of carbonyl (C=O) groups is 3. The molecule has 3 aliphatic rings. The van der Waals surface area contributed by atoms with Crippen molar-refractivity contribution in [1.29, 1.82) is 10.5 Å². The van der Waals surface area contributed by atoms with Crippen LogP contribution in [-0.4, -0.2) is 64.7 Å². The first-order valence-corrected chi connectivity index (χ1v) is 22.6. The molecule has 0 radical (unpaired) electrons. The molecule has 0 spiro atoms. The number of nitriles is 2. The number of rotatable bonds is 7. The Kier molecular flexibility index (Phi) is 14.8. The third-order valence-electron chi connectivity index (χ3n) is 12.6. The first-order chi connectivity index (χ1) is 31.3. The summed E-state index contributed by atoms with van der Waals surface area (Å²) in [6.07, 6.45) is 12.8. The van der Waals surface area contributed by atoms with Crippen LogP contribution in [0.2, 0.25) is 10.0 Å². The van der Waals surface area contributed by atoms with Crippen LogP contribution < -0.4 is 10.2 Å². The maximum atomic E-state index is 13.2. The number of aryl methyl sites for hydroxylation is 2. The van der Waals surface area contributed by atoms with Crippen LogP contribution >= 0.6 is 23.2 Å². The fraction of sp³-hybridized carbons (Fsp3) is 0.283. The molecule has 1 atom stereocenters. The van der Waals surface area contributed by atoms with E-state index in [1.807, 2.05) is 71.3 Å². The monoisotopic (exact) mass is 903 g/mol. The quantitative estimate of drug-likeness (QED) is 0.172. The average Bonchev–Trinajstić information content (AvgIpc) is 3.32. The number of pyridine rings is 1. The number of piperidine rings is 2. The smallest absolute Gasteiger partial charge is 0.258 e. The molecule has 330 valence electrons. The Morgan fingerprint density at radius 3 is 1.63 bits per heavy atom. The number of nitrogens with zero attached hydrogens (tertiary/aromatic N) is 6. The molecule has 1 aromatic heterocycles. The largest absolute Gasteiger partial charge is 0.341 e. The molecule has 3 aliphatic heterocycles. The average molecular weight is 905 g/mol. The highest BCUT2D eigenvalue weighted by molar-refractivity contribution is 6.40. The van der Waals surface area contributed by atoms with Gasteiger partial charge >= 0.3 is 0 Å². The Hall–Kier alpha value is -6.72. The van der Waals surface area contributed by atoms with Gasteiger partial charge in [0.25, 0.3) is 17.7 Å². The second-order valence-electron chi connectivity index (χ2n) is 16.9. The number of hydrogen-bond acceptors (Lipinski definition) is 7. The number of aromatic nitrogens is 1. The minimum absolute atomic E-state index is 0.0752. The highest BCUT2D eigenvalue weighted by atomic mass is 35.5. The molecular formula is C53H51Cl2N7O3. The van der Waals surface area contributed by atoms with Crippen molar-refractivity contribution < 1.29 is 14.4 Å². The lowest BCUT2D eigenvalue weighted by Crippen LogP contribution is -2.38. The van der Waals surface area contributed by atoms with Crippen molar-refractivity contribution in [2.24, 2.45) is 0 Å². The SMILES string of the molecule is CC1=CC(C)N(c2cc(C(=O)N3CCC(c4ccc(C#N)cc4)CC3)ccc2C)C=C1.Cc1ccc(C(=O)N2CCC(c3ccc(C#N)cc3)CC2)cc1NC(=O)c1c(Cl)cncc1Cl. The van der Waals surface area contributed by atoms with Crippen LogP contribution in [-0.2, 0) is 0 Å². The van der Waals surface area contributed by atoms with Gasteiger partial charge in [-0.15, -0.1) is 0 Å².